The molecular formula is C8H14N2. The van der Waals surface area contributed by atoms with Crippen LogP contribution in [0.15, 0.2) is 11.8 Å². The molecule has 10 heavy (non-hydrogen) atoms. The van der Waals surface area contributed by atoms with Gasteiger partial charge in [0.15, 0.2) is 0 Å². The van der Waals surface area contributed by atoms with Gasteiger partial charge in [0.1, 0.15) is 0 Å². The van der Waals surface area contributed by atoms with Gasteiger partial charge in [-0.15, -0.1) is 0 Å². The lowest BCUT2D eigenvalue weighted by molar-refractivity contribution is 0.183. The first-order chi connectivity index (χ1) is 4.81. The smallest absolute Gasteiger partial charge is 0.0250 e. The Bertz CT molecular complexity index is 168. The summed E-state index contributed by atoms with van der Waals surface area (Å²) >= 11 is 0. The van der Waals surface area contributed by atoms with Gasteiger partial charge in [-0.1, -0.05) is 6.08 Å². The summed E-state index contributed by atoms with van der Waals surface area (Å²) in [4.78, 5) is 0. The summed E-state index contributed by atoms with van der Waals surface area (Å²) in [6, 6.07) is 0. The molecule has 1 fully saturated rings. The largest absolute Gasteiger partial charge is 0.402 e. The Balaban J connectivity index is 2.07. The summed E-state index contributed by atoms with van der Waals surface area (Å²) in [5.74, 6) is 0. The normalized spacial score (nSPS) is 39.0. The lowest BCUT2D eigenvalue weighted by Crippen LogP contribution is -2.58. The van der Waals surface area contributed by atoms with Crippen LogP contribution in [-0.2, 0) is 0 Å². The topological polar surface area (TPSA) is 38.0 Å². The highest BCUT2D eigenvalue weighted by atomic mass is 15.0. The van der Waals surface area contributed by atoms with Gasteiger partial charge in [0.05, 0.1) is 0 Å². The minimum absolute atomic E-state index is 0.429. The van der Waals surface area contributed by atoms with Crippen LogP contribution in [0.4, 0.5) is 0 Å². The fourth-order valence-corrected chi connectivity index (χ4v) is 1.93. The zero-order valence-corrected chi connectivity index (χ0v) is 6.19. The predicted octanol–water partition coefficient (Wildman–Crippen LogP) is 0.745. The van der Waals surface area contributed by atoms with E-state index in [4.69, 9.17) is 5.73 Å². The fourth-order valence-electron chi connectivity index (χ4n) is 1.93. The third-order valence-electron chi connectivity index (χ3n) is 2.68. The van der Waals surface area contributed by atoms with E-state index in [1.807, 2.05) is 0 Å². The van der Waals surface area contributed by atoms with Crippen LogP contribution in [0.25, 0.3) is 0 Å². The van der Waals surface area contributed by atoms with E-state index in [-0.39, 0.29) is 0 Å². The van der Waals surface area contributed by atoms with Crippen molar-refractivity contribution >= 4 is 0 Å². The zero-order valence-electron chi connectivity index (χ0n) is 6.19. The van der Waals surface area contributed by atoms with Gasteiger partial charge in [-0.05, 0) is 25.8 Å². The number of nitrogens with two attached hydrogens (primary N) is 1. The molecule has 3 N–H and O–H groups in total. The first kappa shape index (κ1) is 6.23. The minimum atomic E-state index is 0.429. The van der Waals surface area contributed by atoms with Gasteiger partial charge in [-0.2, -0.15) is 0 Å². The second-order valence-electron chi connectivity index (χ2n) is 3.45. The average molecular weight is 138 g/mol. The van der Waals surface area contributed by atoms with Crippen molar-refractivity contribution in [2.75, 3.05) is 6.54 Å². The summed E-state index contributed by atoms with van der Waals surface area (Å²) in [7, 11) is 0. The highest BCUT2D eigenvalue weighted by Crippen LogP contribution is 2.33. The first-order valence-electron chi connectivity index (χ1n) is 4.00. The maximum absolute atomic E-state index is 5.74. The van der Waals surface area contributed by atoms with E-state index in [0.717, 1.165) is 12.1 Å². The highest BCUT2D eigenvalue weighted by Gasteiger charge is 2.37. The molecule has 1 atom stereocenters. The molecule has 1 spiro atoms. The van der Waals surface area contributed by atoms with Crippen LogP contribution in [0, 0.1) is 0 Å². The average Bonchev–Trinajstić information content (AvgIpc) is 1.85. The SMILES string of the molecule is NC1=CCCC2(CCN2)C1. The second-order valence-corrected chi connectivity index (χ2v) is 3.45. The van der Waals surface area contributed by atoms with Gasteiger partial charge in [0.25, 0.3) is 0 Å². The van der Waals surface area contributed by atoms with E-state index in [1.165, 1.54) is 25.8 Å². The molecule has 0 aromatic rings. The van der Waals surface area contributed by atoms with Crippen LogP contribution in [-0.4, -0.2) is 12.1 Å². The molecule has 1 aliphatic heterocycles. The fraction of sp³-hybridized carbons (Fsp3) is 0.750. The molecule has 0 saturated carbocycles. The molecule has 1 heterocycles. The van der Waals surface area contributed by atoms with E-state index in [2.05, 4.69) is 11.4 Å². The summed E-state index contributed by atoms with van der Waals surface area (Å²) in [5.41, 5.74) is 7.25. The van der Waals surface area contributed by atoms with E-state index >= 15 is 0 Å². The van der Waals surface area contributed by atoms with Gasteiger partial charge in [-0.25, -0.2) is 0 Å². The maximum Gasteiger partial charge on any atom is 0.0250 e. The lowest BCUT2D eigenvalue weighted by Gasteiger charge is -2.45. The number of rotatable bonds is 0. The molecule has 2 heteroatoms. The first-order valence-corrected chi connectivity index (χ1v) is 4.00. The maximum atomic E-state index is 5.74. The van der Waals surface area contributed by atoms with Gasteiger partial charge in [0.2, 0.25) is 0 Å². The van der Waals surface area contributed by atoms with E-state index < -0.39 is 0 Å². The van der Waals surface area contributed by atoms with Crippen molar-refractivity contribution in [3.8, 4) is 0 Å². The van der Waals surface area contributed by atoms with Crippen molar-refractivity contribution in [1.29, 1.82) is 0 Å². The molecule has 2 aliphatic rings. The van der Waals surface area contributed by atoms with Crippen LogP contribution in [0.3, 0.4) is 0 Å². The molecule has 0 radical (unpaired) electrons. The van der Waals surface area contributed by atoms with E-state index in [0.29, 0.717) is 5.54 Å². The quantitative estimate of drug-likeness (QED) is 0.518. The second kappa shape index (κ2) is 1.99. The Morgan fingerprint density at radius 2 is 2.30 bits per heavy atom. The number of nitrogens with one attached hydrogen (secondary N) is 1. The number of hydrogen-bond acceptors (Lipinski definition) is 2. The van der Waals surface area contributed by atoms with Crippen molar-refractivity contribution in [3.05, 3.63) is 11.8 Å². The molecule has 2 nitrogen and oxygen atoms in total. The molecule has 0 bridgehead atoms. The predicted molar refractivity (Wildman–Crippen MR) is 41.5 cm³/mol. The molecule has 0 aromatic heterocycles. The molecular weight excluding hydrogens is 124 g/mol. The molecule has 2 rings (SSSR count). The van der Waals surface area contributed by atoms with E-state index in [1.54, 1.807) is 0 Å². The van der Waals surface area contributed by atoms with Crippen molar-refractivity contribution < 1.29 is 0 Å². The number of hydrogen-bond donors (Lipinski definition) is 2. The number of allylic oxidation sites excluding steroid dienone is 1. The van der Waals surface area contributed by atoms with Crippen LogP contribution < -0.4 is 11.1 Å². The van der Waals surface area contributed by atoms with E-state index in [9.17, 15) is 0 Å². The molecule has 0 amide bonds. The Morgan fingerprint density at radius 3 is 2.70 bits per heavy atom. The molecule has 1 saturated heterocycles. The standard InChI is InChI=1S/C8H14N2/c9-7-2-1-3-8(6-7)4-5-10-8/h2,10H,1,3-6,9H2. The van der Waals surface area contributed by atoms with Crippen molar-refractivity contribution in [3.63, 3.8) is 0 Å². The van der Waals surface area contributed by atoms with Gasteiger partial charge in [-0.3, -0.25) is 0 Å². The molecule has 1 aliphatic carbocycles. The Hall–Kier alpha value is -0.500. The van der Waals surface area contributed by atoms with Gasteiger partial charge in [0, 0.05) is 17.7 Å². The van der Waals surface area contributed by atoms with Crippen molar-refractivity contribution in [2.24, 2.45) is 5.73 Å². The summed E-state index contributed by atoms with van der Waals surface area (Å²) < 4.78 is 0. The molecule has 0 aromatic carbocycles. The van der Waals surface area contributed by atoms with Crippen molar-refractivity contribution in [1.82, 2.24) is 5.32 Å². The monoisotopic (exact) mass is 138 g/mol. The Labute approximate surface area is 61.5 Å². The van der Waals surface area contributed by atoms with Crippen molar-refractivity contribution in [2.45, 2.75) is 31.2 Å². The third kappa shape index (κ3) is 0.833. The summed E-state index contributed by atoms with van der Waals surface area (Å²) in [6.07, 6.45) is 7.01. The molecule has 56 valence electrons. The third-order valence-corrected chi connectivity index (χ3v) is 2.68. The zero-order chi connectivity index (χ0) is 7.03. The van der Waals surface area contributed by atoms with Crippen LogP contribution in [0.2, 0.25) is 0 Å². The Morgan fingerprint density at radius 1 is 1.50 bits per heavy atom. The van der Waals surface area contributed by atoms with Crippen LogP contribution in [0.5, 0.6) is 0 Å². The van der Waals surface area contributed by atoms with Gasteiger partial charge < -0.3 is 11.1 Å². The van der Waals surface area contributed by atoms with Crippen LogP contribution in [0.1, 0.15) is 25.7 Å². The van der Waals surface area contributed by atoms with Gasteiger partial charge >= 0.3 is 0 Å². The summed E-state index contributed by atoms with van der Waals surface area (Å²) in [5, 5.41) is 3.47. The summed E-state index contributed by atoms with van der Waals surface area (Å²) in [6.45, 7) is 1.19. The highest BCUT2D eigenvalue weighted by molar-refractivity contribution is 5.13. The van der Waals surface area contributed by atoms with Crippen LogP contribution >= 0.6 is 0 Å². The minimum Gasteiger partial charge on any atom is -0.402 e. The Kier molecular flexibility index (Phi) is 1.24. The molecule has 1 unspecified atom stereocenters. The lowest BCUT2D eigenvalue weighted by atomic mass is 9.76.